The molecule has 100 valence electrons. The zero-order chi connectivity index (χ0) is 12.3. The first kappa shape index (κ1) is 14.3. The van der Waals surface area contributed by atoms with Crippen molar-refractivity contribution in [3.8, 4) is 0 Å². The van der Waals surface area contributed by atoms with Crippen LogP contribution in [0.4, 0.5) is 0 Å². The van der Waals surface area contributed by atoms with Gasteiger partial charge in [-0.25, -0.2) is 5.84 Å². The maximum absolute atomic E-state index is 5.74. The first-order chi connectivity index (χ1) is 8.36. The van der Waals surface area contributed by atoms with Gasteiger partial charge in [0.2, 0.25) is 5.96 Å². The predicted molar refractivity (Wildman–Crippen MR) is 70.7 cm³/mol. The van der Waals surface area contributed by atoms with Crippen LogP contribution in [-0.2, 0) is 4.74 Å². The predicted octanol–water partition coefficient (Wildman–Crippen LogP) is 1.15. The molecule has 0 radical (unpaired) electrons. The lowest BCUT2D eigenvalue weighted by atomic mass is 10.3. The minimum atomic E-state index is 0.475. The van der Waals surface area contributed by atoms with Gasteiger partial charge >= 0.3 is 0 Å². The lowest BCUT2D eigenvalue weighted by Gasteiger charge is -2.13. The number of aliphatic imine (C=N–C) groups is 1. The van der Waals surface area contributed by atoms with Crippen molar-refractivity contribution >= 4 is 5.96 Å². The Morgan fingerprint density at radius 2 is 2.18 bits per heavy atom. The van der Waals surface area contributed by atoms with Crippen LogP contribution < -0.4 is 16.6 Å². The summed E-state index contributed by atoms with van der Waals surface area (Å²) in [6.07, 6.45) is 7.76. The fraction of sp³-hybridized carbons (Fsp3) is 0.917. The Morgan fingerprint density at radius 3 is 2.82 bits per heavy atom. The molecule has 1 rings (SSSR count). The number of nitrogens with one attached hydrogen (secondary N) is 2. The van der Waals surface area contributed by atoms with Gasteiger partial charge < -0.3 is 10.1 Å². The quantitative estimate of drug-likeness (QED) is 0.206. The minimum absolute atomic E-state index is 0.475. The molecule has 1 fully saturated rings. The summed E-state index contributed by atoms with van der Waals surface area (Å²) in [4.78, 5) is 4.32. The van der Waals surface area contributed by atoms with Gasteiger partial charge in [0.1, 0.15) is 0 Å². The van der Waals surface area contributed by atoms with Crippen LogP contribution in [-0.4, -0.2) is 31.8 Å². The van der Waals surface area contributed by atoms with E-state index in [1.54, 1.807) is 0 Å². The van der Waals surface area contributed by atoms with E-state index in [1.165, 1.54) is 25.7 Å². The molecule has 0 unspecified atom stereocenters. The molecule has 0 aliphatic heterocycles. The summed E-state index contributed by atoms with van der Waals surface area (Å²) in [5.74, 6) is 6.04. The van der Waals surface area contributed by atoms with Gasteiger partial charge in [0.25, 0.3) is 0 Å². The number of hydrogen-bond donors (Lipinski definition) is 3. The maximum atomic E-state index is 5.74. The van der Waals surface area contributed by atoms with E-state index in [0.29, 0.717) is 12.1 Å². The van der Waals surface area contributed by atoms with Crippen molar-refractivity contribution in [2.75, 3.05) is 19.7 Å². The molecule has 0 bridgehead atoms. The Hall–Kier alpha value is -0.810. The fourth-order valence-corrected chi connectivity index (χ4v) is 1.95. The highest BCUT2D eigenvalue weighted by atomic mass is 16.5. The third kappa shape index (κ3) is 6.48. The molecule has 0 aromatic rings. The van der Waals surface area contributed by atoms with E-state index in [2.05, 4.69) is 22.7 Å². The van der Waals surface area contributed by atoms with Crippen LogP contribution in [0.1, 0.15) is 45.4 Å². The molecule has 0 saturated heterocycles. The molecule has 0 spiro atoms. The summed E-state index contributed by atoms with van der Waals surface area (Å²) < 4.78 is 5.74. The molecule has 0 heterocycles. The normalized spacial score (nSPS) is 17.4. The van der Waals surface area contributed by atoms with E-state index in [0.717, 1.165) is 32.5 Å². The van der Waals surface area contributed by atoms with Gasteiger partial charge in [-0.15, -0.1) is 0 Å². The molecular formula is C12H26N4O. The zero-order valence-corrected chi connectivity index (χ0v) is 10.9. The molecule has 0 amide bonds. The second-order valence-corrected chi connectivity index (χ2v) is 4.43. The molecule has 4 N–H and O–H groups in total. The van der Waals surface area contributed by atoms with Crippen LogP contribution in [0, 0.1) is 0 Å². The standard InChI is InChI=1S/C12H26N4O/c1-2-3-8-14-12(16-13)15-9-10-17-11-6-4-5-7-11/h11H,2-10,13H2,1H3,(H2,14,15,16). The summed E-state index contributed by atoms with van der Waals surface area (Å²) in [5.41, 5.74) is 2.57. The molecule has 1 aliphatic carbocycles. The number of rotatable bonds is 7. The average molecular weight is 242 g/mol. The Morgan fingerprint density at radius 1 is 1.41 bits per heavy atom. The van der Waals surface area contributed by atoms with Crippen LogP contribution in [0.3, 0.4) is 0 Å². The van der Waals surface area contributed by atoms with Gasteiger partial charge in [-0.3, -0.25) is 10.4 Å². The number of ether oxygens (including phenoxy) is 1. The van der Waals surface area contributed by atoms with Gasteiger partial charge in [-0.05, 0) is 19.3 Å². The third-order valence-corrected chi connectivity index (χ3v) is 2.97. The smallest absolute Gasteiger partial charge is 0.205 e. The first-order valence-corrected chi connectivity index (χ1v) is 6.73. The topological polar surface area (TPSA) is 71.7 Å². The van der Waals surface area contributed by atoms with E-state index >= 15 is 0 Å². The molecule has 0 aromatic heterocycles. The highest BCUT2D eigenvalue weighted by Gasteiger charge is 2.14. The maximum Gasteiger partial charge on any atom is 0.205 e. The van der Waals surface area contributed by atoms with E-state index in [4.69, 9.17) is 10.6 Å². The first-order valence-electron chi connectivity index (χ1n) is 6.73. The Balaban J connectivity index is 2.03. The van der Waals surface area contributed by atoms with E-state index in [-0.39, 0.29) is 0 Å². The Kier molecular flexibility index (Phi) is 7.75. The van der Waals surface area contributed by atoms with Crippen LogP contribution in [0.2, 0.25) is 0 Å². The van der Waals surface area contributed by atoms with Crippen molar-refractivity contribution in [2.24, 2.45) is 10.8 Å². The van der Waals surface area contributed by atoms with Crippen molar-refractivity contribution < 1.29 is 4.74 Å². The minimum Gasteiger partial charge on any atom is -0.376 e. The van der Waals surface area contributed by atoms with Crippen LogP contribution in [0.15, 0.2) is 4.99 Å². The molecule has 17 heavy (non-hydrogen) atoms. The lowest BCUT2D eigenvalue weighted by Crippen LogP contribution is -2.43. The summed E-state index contributed by atoms with van der Waals surface area (Å²) in [6.45, 7) is 4.44. The Bertz CT molecular complexity index is 215. The monoisotopic (exact) mass is 242 g/mol. The summed E-state index contributed by atoms with van der Waals surface area (Å²) in [7, 11) is 0. The fourth-order valence-electron chi connectivity index (χ4n) is 1.95. The zero-order valence-electron chi connectivity index (χ0n) is 10.9. The summed E-state index contributed by atoms with van der Waals surface area (Å²) in [5, 5.41) is 3.14. The van der Waals surface area contributed by atoms with Crippen molar-refractivity contribution in [3.63, 3.8) is 0 Å². The van der Waals surface area contributed by atoms with Gasteiger partial charge in [0, 0.05) is 13.1 Å². The van der Waals surface area contributed by atoms with E-state index in [1.807, 2.05) is 0 Å². The molecule has 0 aromatic carbocycles. The summed E-state index contributed by atoms with van der Waals surface area (Å²) in [6, 6.07) is 0. The van der Waals surface area contributed by atoms with Crippen molar-refractivity contribution in [1.29, 1.82) is 0 Å². The molecule has 1 saturated carbocycles. The highest BCUT2D eigenvalue weighted by molar-refractivity contribution is 5.79. The lowest BCUT2D eigenvalue weighted by molar-refractivity contribution is 0.0622. The summed E-state index contributed by atoms with van der Waals surface area (Å²) >= 11 is 0. The van der Waals surface area contributed by atoms with Gasteiger partial charge in [0.15, 0.2) is 0 Å². The average Bonchev–Trinajstić information content (AvgIpc) is 2.85. The third-order valence-electron chi connectivity index (χ3n) is 2.97. The SMILES string of the molecule is CCCCN=C(NN)NCCOC1CCCC1. The number of nitrogens with zero attached hydrogens (tertiary/aromatic N) is 1. The highest BCUT2D eigenvalue weighted by Crippen LogP contribution is 2.20. The molecule has 1 aliphatic rings. The molecular weight excluding hydrogens is 216 g/mol. The Labute approximate surface area is 104 Å². The van der Waals surface area contributed by atoms with Crippen LogP contribution in [0.25, 0.3) is 0 Å². The second kappa shape index (κ2) is 9.24. The molecule has 5 heteroatoms. The van der Waals surface area contributed by atoms with Gasteiger partial charge in [-0.1, -0.05) is 26.2 Å². The largest absolute Gasteiger partial charge is 0.376 e. The van der Waals surface area contributed by atoms with Gasteiger partial charge in [0.05, 0.1) is 12.7 Å². The van der Waals surface area contributed by atoms with Crippen molar-refractivity contribution in [1.82, 2.24) is 10.7 Å². The number of hydrogen-bond acceptors (Lipinski definition) is 3. The van der Waals surface area contributed by atoms with Gasteiger partial charge in [-0.2, -0.15) is 0 Å². The second-order valence-electron chi connectivity index (χ2n) is 4.43. The number of nitrogens with two attached hydrogens (primary N) is 1. The van der Waals surface area contributed by atoms with Crippen LogP contribution >= 0.6 is 0 Å². The number of unbranched alkanes of at least 4 members (excludes halogenated alkanes) is 1. The number of hydrazine groups is 1. The molecule has 0 atom stereocenters. The number of guanidine groups is 1. The van der Waals surface area contributed by atoms with Crippen LogP contribution in [0.5, 0.6) is 0 Å². The van der Waals surface area contributed by atoms with Crippen molar-refractivity contribution in [3.05, 3.63) is 0 Å². The van der Waals surface area contributed by atoms with Crippen molar-refractivity contribution in [2.45, 2.75) is 51.6 Å². The van der Waals surface area contributed by atoms with E-state index in [9.17, 15) is 0 Å². The van der Waals surface area contributed by atoms with E-state index < -0.39 is 0 Å². The molecule has 5 nitrogen and oxygen atoms in total.